The summed E-state index contributed by atoms with van der Waals surface area (Å²) in [6, 6.07) is 4.44. The van der Waals surface area contributed by atoms with Gasteiger partial charge in [0.25, 0.3) is 0 Å². The summed E-state index contributed by atoms with van der Waals surface area (Å²) in [7, 11) is 1.98. The highest BCUT2D eigenvalue weighted by molar-refractivity contribution is 5.78. The van der Waals surface area contributed by atoms with Crippen molar-refractivity contribution in [3.05, 3.63) is 30.1 Å². The maximum absolute atomic E-state index is 6.01. The van der Waals surface area contributed by atoms with Gasteiger partial charge < -0.3 is 10.6 Å². The predicted octanol–water partition coefficient (Wildman–Crippen LogP) is 1.77. The van der Waals surface area contributed by atoms with E-state index in [1.165, 1.54) is 31.2 Å². The van der Waals surface area contributed by atoms with Crippen LogP contribution in [0.3, 0.4) is 0 Å². The monoisotopic (exact) mass is 232 g/mol. The molecule has 0 saturated heterocycles. The van der Waals surface area contributed by atoms with Gasteiger partial charge in [-0.05, 0) is 30.5 Å². The van der Waals surface area contributed by atoms with Gasteiger partial charge in [0, 0.05) is 26.0 Å². The molecule has 0 amide bonds. The van der Waals surface area contributed by atoms with Crippen molar-refractivity contribution in [3.63, 3.8) is 0 Å². The second-order valence-corrected chi connectivity index (χ2v) is 4.64. The third kappa shape index (κ3) is 3.44. The Morgan fingerprint density at radius 1 is 1.41 bits per heavy atom. The van der Waals surface area contributed by atoms with E-state index in [4.69, 9.17) is 5.73 Å². The number of rotatable bonds is 3. The topological polar surface area (TPSA) is 54.5 Å². The van der Waals surface area contributed by atoms with Crippen LogP contribution in [0.15, 0.2) is 29.5 Å². The zero-order chi connectivity index (χ0) is 12.1. The van der Waals surface area contributed by atoms with Crippen LogP contribution in [0.2, 0.25) is 0 Å². The molecule has 0 aliphatic heterocycles. The Kier molecular flexibility index (Phi) is 3.96. The lowest BCUT2D eigenvalue weighted by atomic mass is 10.2. The first kappa shape index (κ1) is 11.9. The lowest BCUT2D eigenvalue weighted by molar-refractivity contribution is 0.486. The minimum absolute atomic E-state index is 0.440. The number of nitrogens with zero attached hydrogens (tertiary/aromatic N) is 3. The average molecular weight is 232 g/mol. The molecule has 1 aliphatic rings. The number of guanidine groups is 1. The summed E-state index contributed by atoms with van der Waals surface area (Å²) in [6.07, 6.45) is 8.54. The zero-order valence-electron chi connectivity index (χ0n) is 10.3. The first-order chi connectivity index (χ1) is 8.25. The maximum atomic E-state index is 6.01. The third-order valence-electron chi connectivity index (χ3n) is 3.20. The molecule has 92 valence electrons. The minimum Gasteiger partial charge on any atom is -0.370 e. The molecule has 17 heavy (non-hydrogen) atoms. The van der Waals surface area contributed by atoms with Crippen LogP contribution < -0.4 is 5.73 Å². The maximum Gasteiger partial charge on any atom is 0.191 e. The lowest BCUT2D eigenvalue weighted by Gasteiger charge is -2.19. The van der Waals surface area contributed by atoms with Gasteiger partial charge in [0.05, 0.1) is 6.04 Å². The molecule has 0 atom stereocenters. The van der Waals surface area contributed by atoms with Crippen molar-refractivity contribution in [2.75, 3.05) is 7.05 Å². The highest BCUT2D eigenvalue weighted by Gasteiger charge is 2.15. The molecule has 4 heteroatoms. The minimum atomic E-state index is 0.440. The summed E-state index contributed by atoms with van der Waals surface area (Å²) in [5.41, 5.74) is 7.21. The Bertz CT molecular complexity index is 368. The van der Waals surface area contributed by atoms with E-state index in [2.05, 4.69) is 9.98 Å². The molecule has 0 unspecified atom stereocenters. The average Bonchev–Trinajstić information content (AvgIpc) is 2.83. The van der Waals surface area contributed by atoms with E-state index in [1.54, 1.807) is 12.4 Å². The van der Waals surface area contributed by atoms with Crippen molar-refractivity contribution in [2.24, 2.45) is 10.7 Å². The number of aromatic nitrogens is 1. The van der Waals surface area contributed by atoms with Crippen LogP contribution >= 0.6 is 0 Å². The Hall–Kier alpha value is -1.58. The summed E-state index contributed by atoms with van der Waals surface area (Å²) < 4.78 is 0. The number of nitrogens with two attached hydrogens (primary N) is 1. The SMILES string of the molecule is CN(Cc1ccncc1)C(N)=NC1CCCC1. The Balaban J connectivity index is 1.92. The van der Waals surface area contributed by atoms with E-state index in [0.717, 1.165) is 6.54 Å². The summed E-state index contributed by atoms with van der Waals surface area (Å²) in [4.78, 5) is 10.6. The molecule has 1 aliphatic carbocycles. The van der Waals surface area contributed by atoms with Crippen LogP contribution in [-0.2, 0) is 6.54 Å². The molecular formula is C13H20N4. The van der Waals surface area contributed by atoms with E-state index in [9.17, 15) is 0 Å². The number of pyridine rings is 1. The van der Waals surface area contributed by atoms with Gasteiger partial charge in [-0.2, -0.15) is 0 Å². The Morgan fingerprint density at radius 3 is 2.71 bits per heavy atom. The molecule has 2 rings (SSSR count). The molecule has 2 N–H and O–H groups in total. The quantitative estimate of drug-likeness (QED) is 0.638. The Labute approximate surface area is 103 Å². The molecule has 1 fully saturated rings. The molecule has 0 radical (unpaired) electrons. The van der Waals surface area contributed by atoms with Crippen molar-refractivity contribution < 1.29 is 0 Å². The van der Waals surface area contributed by atoms with Crippen molar-refractivity contribution in [1.29, 1.82) is 0 Å². The van der Waals surface area contributed by atoms with E-state index in [0.29, 0.717) is 12.0 Å². The van der Waals surface area contributed by atoms with Crippen LogP contribution in [0.5, 0.6) is 0 Å². The highest BCUT2D eigenvalue weighted by atomic mass is 15.2. The molecule has 0 spiro atoms. The van der Waals surface area contributed by atoms with Gasteiger partial charge in [-0.3, -0.25) is 4.98 Å². The fourth-order valence-corrected chi connectivity index (χ4v) is 2.16. The molecule has 1 aromatic heterocycles. The van der Waals surface area contributed by atoms with Crippen LogP contribution in [0.1, 0.15) is 31.2 Å². The van der Waals surface area contributed by atoms with Crippen LogP contribution in [-0.4, -0.2) is 28.9 Å². The van der Waals surface area contributed by atoms with E-state index < -0.39 is 0 Å². The molecule has 1 saturated carbocycles. The van der Waals surface area contributed by atoms with Crippen LogP contribution in [0, 0.1) is 0 Å². The standard InChI is InChI=1S/C13H20N4/c1-17(10-11-6-8-15-9-7-11)13(14)16-12-4-2-3-5-12/h6-9,12H,2-5,10H2,1H3,(H2,14,16). The lowest BCUT2D eigenvalue weighted by Crippen LogP contribution is -2.34. The highest BCUT2D eigenvalue weighted by Crippen LogP contribution is 2.20. The summed E-state index contributed by atoms with van der Waals surface area (Å²) in [6.45, 7) is 0.782. The Morgan fingerprint density at radius 2 is 2.06 bits per heavy atom. The normalized spacial score (nSPS) is 17.4. The molecular weight excluding hydrogens is 212 g/mol. The van der Waals surface area contributed by atoms with Gasteiger partial charge in [-0.25, -0.2) is 4.99 Å². The first-order valence-corrected chi connectivity index (χ1v) is 6.19. The van der Waals surface area contributed by atoms with Crippen LogP contribution in [0.25, 0.3) is 0 Å². The second-order valence-electron chi connectivity index (χ2n) is 4.64. The zero-order valence-corrected chi connectivity index (χ0v) is 10.3. The summed E-state index contributed by atoms with van der Waals surface area (Å²) in [5.74, 6) is 0.647. The van der Waals surface area contributed by atoms with E-state index >= 15 is 0 Å². The van der Waals surface area contributed by atoms with Crippen LogP contribution in [0.4, 0.5) is 0 Å². The van der Waals surface area contributed by atoms with Crippen molar-refractivity contribution in [3.8, 4) is 0 Å². The summed E-state index contributed by atoms with van der Waals surface area (Å²) >= 11 is 0. The first-order valence-electron chi connectivity index (χ1n) is 6.19. The molecule has 1 heterocycles. The van der Waals surface area contributed by atoms with Gasteiger partial charge in [0.1, 0.15) is 0 Å². The van der Waals surface area contributed by atoms with Gasteiger partial charge >= 0.3 is 0 Å². The largest absolute Gasteiger partial charge is 0.370 e. The number of hydrogen-bond donors (Lipinski definition) is 1. The van der Waals surface area contributed by atoms with E-state index in [-0.39, 0.29) is 0 Å². The van der Waals surface area contributed by atoms with E-state index in [1.807, 2.05) is 24.1 Å². The molecule has 0 bridgehead atoms. The summed E-state index contributed by atoms with van der Waals surface area (Å²) in [5, 5.41) is 0. The van der Waals surface area contributed by atoms with Gasteiger partial charge in [-0.1, -0.05) is 12.8 Å². The molecule has 0 aromatic carbocycles. The second kappa shape index (κ2) is 5.66. The molecule has 1 aromatic rings. The third-order valence-corrected chi connectivity index (χ3v) is 3.20. The molecule has 4 nitrogen and oxygen atoms in total. The number of hydrogen-bond acceptors (Lipinski definition) is 2. The fraction of sp³-hybridized carbons (Fsp3) is 0.538. The predicted molar refractivity (Wildman–Crippen MR) is 69.6 cm³/mol. The van der Waals surface area contributed by atoms with Crippen molar-refractivity contribution in [1.82, 2.24) is 9.88 Å². The van der Waals surface area contributed by atoms with Crippen molar-refractivity contribution in [2.45, 2.75) is 38.3 Å². The van der Waals surface area contributed by atoms with Gasteiger partial charge in [0.2, 0.25) is 0 Å². The smallest absolute Gasteiger partial charge is 0.191 e. The number of aliphatic imine (C=N–C) groups is 1. The van der Waals surface area contributed by atoms with Gasteiger partial charge in [-0.15, -0.1) is 0 Å². The fourth-order valence-electron chi connectivity index (χ4n) is 2.16. The van der Waals surface area contributed by atoms with Gasteiger partial charge in [0.15, 0.2) is 5.96 Å². The van der Waals surface area contributed by atoms with Crippen molar-refractivity contribution >= 4 is 5.96 Å².